The molecule has 0 N–H and O–H groups in total. The highest BCUT2D eigenvalue weighted by molar-refractivity contribution is 8.26. The van der Waals surface area contributed by atoms with Gasteiger partial charge in [-0.3, -0.25) is 19.8 Å². The number of carboxylic acid groups (broad SMARTS) is 1. The molecule has 0 aromatic heterocycles. The monoisotopic (exact) mass is 337 g/mol. The van der Waals surface area contributed by atoms with Crippen molar-refractivity contribution in [2.75, 3.05) is 6.54 Å². The Morgan fingerprint density at radius 1 is 1.50 bits per heavy atom. The summed E-state index contributed by atoms with van der Waals surface area (Å²) in [5.41, 5.74) is 0.914. The van der Waals surface area contributed by atoms with Gasteiger partial charge < -0.3 is 9.90 Å². The van der Waals surface area contributed by atoms with Crippen LogP contribution in [0.3, 0.4) is 0 Å². The van der Waals surface area contributed by atoms with Gasteiger partial charge in [0.05, 0.1) is 22.3 Å². The van der Waals surface area contributed by atoms with Crippen LogP contribution >= 0.6 is 24.0 Å². The predicted octanol–water partition coefficient (Wildman–Crippen LogP) is 0.854. The summed E-state index contributed by atoms with van der Waals surface area (Å²) in [6.07, 6.45) is 1.45. The quantitative estimate of drug-likeness (QED) is 0.347. The lowest BCUT2D eigenvalue weighted by atomic mass is 10.1. The van der Waals surface area contributed by atoms with Gasteiger partial charge in [-0.1, -0.05) is 36.1 Å². The van der Waals surface area contributed by atoms with Crippen molar-refractivity contribution in [1.29, 1.82) is 0 Å². The third kappa shape index (κ3) is 3.31. The van der Waals surface area contributed by atoms with Gasteiger partial charge in [0.25, 0.3) is 11.6 Å². The number of nitro benzene ring substituents is 1. The summed E-state index contributed by atoms with van der Waals surface area (Å²) in [4.78, 5) is 34.2. The van der Waals surface area contributed by atoms with Crippen LogP contribution in [0.5, 0.6) is 0 Å². The minimum absolute atomic E-state index is 0.0565. The molecule has 1 aliphatic heterocycles. The highest BCUT2D eigenvalue weighted by Crippen LogP contribution is 2.33. The molecule has 1 aliphatic rings. The summed E-state index contributed by atoms with van der Waals surface area (Å²) in [5, 5.41) is 21.5. The number of thioether (sulfide) groups is 1. The first-order valence-corrected chi connectivity index (χ1v) is 7.22. The van der Waals surface area contributed by atoms with Crippen molar-refractivity contribution in [3.05, 3.63) is 44.3 Å². The second kappa shape index (κ2) is 6.24. The van der Waals surface area contributed by atoms with Crippen LogP contribution in [0.2, 0.25) is 0 Å². The molecule has 1 amide bonds. The summed E-state index contributed by atoms with van der Waals surface area (Å²) in [7, 11) is 0. The van der Waals surface area contributed by atoms with Gasteiger partial charge >= 0.3 is 0 Å². The Morgan fingerprint density at radius 2 is 2.18 bits per heavy atom. The van der Waals surface area contributed by atoms with Crippen LogP contribution in [0.4, 0.5) is 5.69 Å². The van der Waals surface area contributed by atoms with E-state index in [2.05, 4.69) is 0 Å². The number of thiocarbonyl (C=S) groups is 1. The van der Waals surface area contributed by atoms with Crippen LogP contribution in [0.1, 0.15) is 11.1 Å². The Kier molecular flexibility index (Phi) is 4.57. The third-order valence-corrected chi connectivity index (χ3v) is 4.27. The third-order valence-electron chi connectivity index (χ3n) is 2.89. The van der Waals surface area contributed by atoms with E-state index >= 15 is 0 Å². The summed E-state index contributed by atoms with van der Waals surface area (Å²) < 4.78 is 0.113. The van der Waals surface area contributed by atoms with Crippen LogP contribution in [-0.4, -0.2) is 32.6 Å². The molecule has 2 rings (SSSR count). The molecule has 22 heavy (non-hydrogen) atoms. The zero-order valence-electron chi connectivity index (χ0n) is 11.3. The highest BCUT2D eigenvalue weighted by atomic mass is 32.2. The van der Waals surface area contributed by atoms with E-state index in [0.29, 0.717) is 11.1 Å². The standard InChI is InChI=1S/C13H10N2O5S2/c1-7-2-3-8(4-9(7)15(19)20)5-10-12(18)14(6-11(16)17)13(21)22-10/h2-5H,6H2,1H3,(H,16,17)/p-1/b10-5-. The van der Waals surface area contributed by atoms with E-state index in [0.717, 1.165) is 16.7 Å². The predicted molar refractivity (Wildman–Crippen MR) is 82.7 cm³/mol. The summed E-state index contributed by atoms with van der Waals surface area (Å²) in [5.74, 6) is -1.97. The van der Waals surface area contributed by atoms with Crippen LogP contribution in [0.25, 0.3) is 6.08 Å². The van der Waals surface area contributed by atoms with E-state index in [1.807, 2.05) is 0 Å². The second-order valence-corrected chi connectivity index (χ2v) is 6.12. The van der Waals surface area contributed by atoms with Crippen LogP contribution in [-0.2, 0) is 9.59 Å². The Morgan fingerprint density at radius 3 is 2.77 bits per heavy atom. The molecule has 1 heterocycles. The number of nitrogens with zero attached hydrogens (tertiary/aromatic N) is 2. The van der Waals surface area contributed by atoms with E-state index in [1.165, 1.54) is 12.1 Å². The molecule has 0 spiro atoms. The van der Waals surface area contributed by atoms with E-state index in [-0.39, 0.29) is 14.9 Å². The molecule has 0 atom stereocenters. The van der Waals surface area contributed by atoms with Gasteiger partial charge in [0, 0.05) is 11.6 Å². The van der Waals surface area contributed by atoms with E-state index in [9.17, 15) is 24.8 Å². The van der Waals surface area contributed by atoms with Crippen molar-refractivity contribution in [2.45, 2.75) is 6.92 Å². The zero-order valence-corrected chi connectivity index (χ0v) is 12.9. The van der Waals surface area contributed by atoms with E-state index in [1.54, 1.807) is 19.1 Å². The number of nitro groups is 1. The van der Waals surface area contributed by atoms with Gasteiger partial charge in [0.2, 0.25) is 0 Å². The lowest BCUT2D eigenvalue weighted by Gasteiger charge is -2.14. The zero-order chi connectivity index (χ0) is 16.4. The number of rotatable bonds is 4. The smallest absolute Gasteiger partial charge is 0.272 e. The molecule has 7 nitrogen and oxygen atoms in total. The van der Waals surface area contributed by atoms with Gasteiger partial charge in [-0.05, 0) is 18.6 Å². The Balaban J connectivity index is 2.33. The molecule has 114 valence electrons. The number of aryl methyl sites for hydroxylation is 1. The summed E-state index contributed by atoms with van der Waals surface area (Å²) in [6, 6.07) is 4.56. The minimum atomic E-state index is -1.41. The average Bonchev–Trinajstić information content (AvgIpc) is 2.68. The van der Waals surface area contributed by atoms with Crippen molar-refractivity contribution in [3.8, 4) is 0 Å². The number of carbonyl (C=O) groups excluding carboxylic acids is 2. The largest absolute Gasteiger partial charge is 0.548 e. The maximum Gasteiger partial charge on any atom is 0.272 e. The molecule has 1 aromatic carbocycles. The fourth-order valence-corrected chi connectivity index (χ4v) is 3.08. The number of benzene rings is 1. The van der Waals surface area contributed by atoms with Crippen molar-refractivity contribution >= 4 is 51.9 Å². The molecule has 0 saturated carbocycles. The summed E-state index contributed by atoms with van der Waals surface area (Å²) in [6.45, 7) is 0.997. The molecule has 1 saturated heterocycles. The molecule has 9 heteroatoms. The molecular formula is C13H9N2O5S2-. The van der Waals surface area contributed by atoms with Crippen molar-refractivity contribution in [1.82, 2.24) is 4.90 Å². The first-order valence-electron chi connectivity index (χ1n) is 6.00. The fraction of sp³-hybridized carbons (Fsp3) is 0.154. The first-order chi connectivity index (χ1) is 10.3. The fourth-order valence-electron chi connectivity index (χ4n) is 1.83. The molecule has 1 fully saturated rings. The summed E-state index contributed by atoms with van der Waals surface area (Å²) >= 11 is 5.89. The number of aliphatic carboxylic acids is 1. The van der Waals surface area contributed by atoms with Gasteiger partial charge in [-0.2, -0.15) is 0 Å². The highest BCUT2D eigenvalue weighted by Gasteiger charge is 2.31. The molecule has 0 aliphatic carbocycles. The number of amides is 1. The molecule has 0 bridgehead atoms. The Hall–Kier alpha value is -2.26. The van der Waals surface area contributed by atoms with Crippen molar-refractivity contribution in [3.63, 3.8) is 0 Å². The molecule has 0 unspecified atom stereocenters. The number of carboxylic acids is 1. The second-order valence-electron chi connectivity index (χ2n) is 4.44. The number of hydrogen-bond donors (Lipinski definition) is 0. The molecular weight excluding hydrogens is 328 g/mol. The van der Waals surface area contributed by atoms with E-state index in [4.69, 9.17) is 12.2 Å². The maximum atomic E-state index is 12.1. The van der Waals surface area contributed by atoms with Gasteiger partial charge in [-0.25, -0.2) is 0 Å². The normalized spacial score (nSPS) is 16.4. The van der Waals surface area contributed by atoms with Crippen molar-refractivity contribution < 1.29 is 19.6 Å². The van der Waals surface area contributed by atoms with Crippen LogP contribution < -0.4 is 5.11 Å². The van der Waals surface area contributed by atoms with Crippen LogP contribution in [0.15, 0.2) is 23.1 Å². The van der Waals surface area contributed by atoms with E-state index < -0.39 is 23.3 Å². The minimum Gasteiger partial charge on any atom is -0.548 e. The molecule has 1 aromatic rings. The van der Waals surface area contributed by atoms with Crippen molar-refractivity contribution in [2.24, 2.45) is 0 Å². The first kappa shape index (κ1) is 16.1. The molecule has 0 radical (unpaired) electrons. The number of carbonyl (C=O) groups is 2. The van der Waals surface area contributed by atoms with Gasteiger partial charge in [0.1, 0.15) is 4.32 Å². The van der Waals surface area contributed by atoms with Crippen LogP contribution in [0, 0.1) is 17.0 Å². The maximum absolute atomic E-state index is 12.1. The number of hydrogen-bond acceptors (Lipinski definition) is 7. The Labute approximate surface area is 134 Å². The topological polar surface area (TPSA) is 104 Å². The van der Waals surface area contributed by atoms with Gasteiger partial charge in [0.15, 0.2) is 0 Å². The lowest BCUT2D eigenvalue weighted by Crippen LogP contribution is -2.40. The SMILES string of the molecule is Cc1ccc(/C=C2\SC(=S)N(CC(=O)[O-])C2=O)cc1[N+](=O)[O-]. The average molecular weight is 337 g/mol. The van der Waals surface area contributed by atoms with Gasteiger partial charge in [-0.15, -0.1) is 0 Å². The lowest BCUT2D eigenvalue weighted by molar-refractivity contribution is -0.385. The Bertz CT molecular complexity index is 729.